The molecule has 0 bridgehead atoms. The van der Waals surface area contributed by atoms with E-state index in [9.17, 15) is 14.7 Å². The first-order valence-corrected chi connectivity index (χ1v) is 13.2. The summed E-state index contributed by atoms with van der Waals surface area (Å²) in [5, 5.41) is 9.68. The molecule has 0 unspecified atom stereocenters. The van der Waals surface area contributed by atoms with Gasteiger partial charge in [-0.15, -0.1) is 0 Å². The number of carbonyl (C=O) groups excluding carboxylic acids is 1. The molecule has 6 heteroatoms. The van der Waals surface area contributed by atoms with Crippen LogP contribution >= 0.6 is 0 Å². The van der Waals surface area contributed by atoms with Gasteiger partial charge in [-0.2, -0.15) is 0 Å². The first-order chi connectivity index (χ1) is 17.1. The molecule has 188 valence electrons. The van der Waals surface area contributed by atoms with Gasteiger partial charge in [0.25, 0.3) is 5.91 Å². The van der Waals surface area contributed by atoms with E-state index in [0.29, 0.717) is 24.9 Å². The molecule has 35 heavy (non-hydrogen) atoms. The van der Waals surface area contributed by atoms with Crippen LogP contribution in [0.15, 0.2) is 48.5 Å². The minimum atomic E-state index is -0.937. The quantitative estimate of drug-likeness (QED) is 0.580. The highest BCUT2D eigenvalue weighted by atomic mass is 16.5. The number of para-hydroxylation sites is 1. The maximum Gasteiger partial charge on any atom is 0.335 e. The highest BCUT2D eigenvalue weighted by Crippen LogP contribution is 2.30. The van der Waals surface area contributed by atoms with Crippen molar-refractivity contribution in [3.05, 3.63) is 59.7 Å². The molecule has 1 aliphatic carbocycles. The number of carboxylic acids is 1. The first kappa shape index (κ1) is 25.2. The SMILES string of the molecule is O=C(O)c1ccc2c(c1)CN(C1CCCCC1)CCCCCCCN2C(=O)COc1ccccc1. The summed E-state index contributed by atoms with van der Waals surface area (Å²) in [6, 6.07) is 15.1. The second-order valence-corrected chi connectivity index (χ2v) is 9.83. The summed E-state index contributed by atoms with van der Waals surface area (Å²) in [6.07, 6.45) is 11.7. The number of carboxylic acid groups (broad SMARTS) is 1. The van der Waals surface area contributed by atoms with Crippen LogP contribution in [0.2, 0.25) is 0 Å². The van der Waals surface area contributed by atoms with E-state index in [-0.39, 0.29) is 18.1 Å². The molecule has 6 nitrogen and oxygen atoms in total. The van der Waals surface area contributed by atoms with Crippen molar-refractivity contribution in [2.24, 2.45) is 0 Å². The Morgan fingerprint density at radius 2 is 1.54 bits per heavy atom. The lowest BCUT2D eigenvalue weighted by atomic mass is 9.93. The molecule has 0 saturated heterocycles. The summed E-state index contributed by atoms with van der Waals surface area (Å²) in [6.45, 7) is 2.26. The minimum absolute atomic E-state index is 0.0452. The summed E-state index contributed by atoms with van der Waals surface area (Å²) >= 11 is 0. The third-order valence-electron chi connectivity index (χ3n) is 7.32. The summed E-state index contributed by atoms with van der Waals surface area (Å²) in [5.41, 5.74) is 2.01. The Kier molecular flexibility index (Phi) is 9.18. The monoisotopic (exact) mass is 478 g/mol. The summed E-state index contributed by atoms with van der Waals surface area (Å²) < 4.78 is 5.79. The van der Waals surface area contributed by atoms with E-state index in [1.807, 2.05) is 41.3 Å². The summed E-state index contributed by atoms with van der Waals surface area (Å²) in [5.74, 6) is -0.368. The fourth-order valence-electron chi connectivity index (χ4n) is 5.40. The van der Waals surface area contributed by atoms with Crippen molar-refractivity contribution in [1.82, 2.24) is 4.90 Å². The van der Waals surface area contributed by atoms with Crippen LogP contribution in [0.4, 0.5) is 5.69 Å². The van der Waals surface area contributed by atoms with Gasteiger partial charge in [0.15, 0.2) is 6.61 Å². The van der Waals surface area contributed by atoms with Crippen LogP contribution in [0.1, 0.15) is 80.1 Å². The van der Waals surface area contributed by atoms with Crippen molar-refractivity contribution in [3.63, 3.8) is 0 Å². The average Bonchev–Trinajstić information content (AvgIpc) is 2.88. The molecule has 2 aromatic rings. The molecular formula is C29H38N2O4. The number of hydrogen-bond acceptors (Lipinski definition) is 4. The van der Waals surface area contributed by atoms with Crippen LogP contribution in [0.5, 0.6) is 5.75 Å². The predicted molar refractivity (Wildman–Crippen MR) is 138 cm³/mol. The highest BCUT2D eigenvalue weighted by Gasteiger charge is 2.26. The molecule has 1 aliphatic heterocycles. The van der Waals surface area contributed by atoms with E-state index in [1.165, 1.54) is 44.9 Å². The van der Waals surface area contributed by atoms with E-state index in [2.05, 4.69) is 4.90 Å². The number of rotatable bonds is 5. The molecule has 2 aliphatic rings. The van der Waals surface area contributed by atoms with Gasteiger partial charge in [0.2, 0.25) is 0 Å². The number of ether oxygens (including phenoxy) is 1. The number of carbonyl (C=O) groups is 2. The van der Waals surface area contributed by atoms with Crippen molar-refractivity contribution in [3.8, 4) is 5.75 Å². The highest BCUT2D eigenvalue weighted by molar-refractivity contribution is 5.96. The van der Waals surface area contributed by atoms with Crippen molar-refractivity contribution >= 4 is 17.6 Å². The van der Waals surface area contributed by atoms with Gasteiger partial charge >= 0.3 is 5.97 Å². The number of amides is 1. The fraction of sp³-hybridized carbons (Fsp3) is 0.517. The number of benzene rings is 2. The zero-order chi connectivity index (χ0) is 24.5. The molecule has 0 atom stereocenters. The summed E-state index contributed by atoms with van der Waals surface area (Å²) in [4.78, 5) is 29.6. The second-order valence-electron chi connectivity index (χ2n) is 9.83. The lowest BCUT2D eigenvalue weighted by molar-refractivity contribution is -0.120. The number of fused-ring (bicyclic) bond motifs is 1. The normalized spacial score (nSPS) is 18.7. The second kappa shape index (κ2) is 12.7. The smallest absolute Gasteiger partial charge is 0.335 e. The molecule has 2 aromatic carbocycles. The third kappa shape index (κ3) is 7.07. The molecule has 1 fully saturated rings. The standard InChI is InChI=1S/C29H38N2O4/c32-28(22-35-26-14-8-5-9-15-26)31-19-11-3-1-2-10-18-30(25-12-6-4-7-13-25)21-24-20-23(29(33)34)16-17-27(24)31/h5,8-9,14-17,20,25H,1-4,6-7,10-13,18-19,21-22H2,(H,33,34). The zero-order valence-corrected chi connectivity index (χ0v) is 20.7. The maximum absolute atomic E-state index is 13.4. The van der Waals surface area contributed by atoms with Gasteiger partial charge in [-0.05, 0) is 68.1 Å². The Balaban J connectivity index is 1.63. The Bertz CT molecular complexity index is 972. The average molecular weight is 479 g/mol. The Morgan fingerprint density at radius 1 is 0.857 bits per heavy atom. The molecule has 1 N–H and O–H groups in total. The van der Waals surface area contributed by atoms with Gasteiger partial charge < -0.3 is 14.7 Å². The predicted octanol–water partition coefficient (Wildman–Crippen LogP) is 5.90. The molecule has 0 radical (unpaired) electrons. The molecule has 1 amide bonds. The van der Waals surface area contributed by atoms with E-state index in [4.69, 9.17) is 4.74 Å². The molecule has 0 spiro atoms. The van der Waals surface area contributed by atoms with E-state index in [0.717, 1.165) is 37.1 Å². The van der Waals surface area contributed by atoms with Crippen LogP contribution < -0.4 is 9.64 Å². The molecule has 1 saturated carbocycles. The van der Waals surface area contributed by atoms with Crippen molar-refractivity contribution in [1.29, 1.82) is 0 Å². The number of hydrogen-bond donors (Lipinski definition) is 1. The van der Waals surface area contributed by atoms with Crippen molar-refractivity contribution < 1.29 is 19.4 Å². The molecule has 4 rings (SSSR count). The van der Waals surface area contributed by atoms with Gasteiger partial charge in [0.05, 0.1) is 5.56 Å². The molecule has 0 aromatic heterocycles. The zero-order valence-electron chi connectivity index (χ0n) is 20.7. The van der Waals surface area contributed by atoms with Gasteiger partial charge in [0, 0.05) is 24.8 Å². The van der Waals surface area contributed by atoms with Crippen LogP contribution in [0.25, 0.3) is 0 Å². The minimum Gasteiger partial charge on any atom is -0.484 e. The number of anilines is 1. The van der Waals surface area contributed by atoms with Crippen LogP contribution in [0, 0.1) is 0 Å². The van der Waals surface area contributed by atoms with Gasteiger partial charge in [-0.1, -0.05) is 56.7 Å². The van der Waals surface area contributed by atoms with E-state index < -0.39 is 5.97 Å². The van der Waals surface area contributed by atoms with E-state index in [1.54, 1.807) is 12.1 Å². The van der Waals surface area contributed by atoms with Crippen molar-refractivity contribution in [2.45, 2.75) is 76.8 Å². The summed E-state index contributed by atoms with van der Waals surface area (Å²) in [7, 11) is 0. The topological polar surface area (TPSA) is 70.1 Å². The number of aromatic carboxylic acids is 1. The van der Waals surface area contributed by atoms with Crippen LogP contribution in [0.3, 0.4) is 0 Å². The largest absolute Gasteiger partial charge is 0.484 e. The Morgan fingerprint density at radius 3 is 2.29 bits per heavy atom. The fourth-order valence-corrected chi connectivity index (χ4v) is 5.40. The molecular weight excluding hydrogens is 440 g/mol. The Labute approximate surface area is 208 Å². The number of nitrogens with zero attached hydrogens (tertiary/aromatic N) is 2. The van der Waals surface area contributed by atoms with Gasteiger partial charge in [-0.25, -0.2) is 4.79 Å². The van der Waals surface area contributed by atoms with Gasteiger partial charge in [0.1, 0.15) is 5.75 Å². The maximum atomic E-state index is 13.4. The van der Waals surface area contributed by atoms with Crippen molar-refractivity contribution in [2.75, 3.05) is 24.6 Å². The lowest BCUT2D eigenvalue weighted by Gasteiger charge is -2.36. The van der Waals surface area contributed by atoms with Crippen LogP contribution in [-0.4, -0.2) is 47.6 Å². The molecule has 1 heterocycles. The van der Waals surface area contributed by atoms with Gasteiger partial charge in [-0.3, -0.25) is 9.69 Å². The lowest BCUT2D eigenvalue weighted by Crippen LogP contribution is -2.39. The van der Waals surface area contributed by atoms with E-state index >= 15 is 0 Å². The van der Waals surface area contributed by atoms with Crippen LogP contribution in [-0.2, 0) is 11.3 Å². The third-order valence-corrected chi connectivity index (χ3v) is 7.32. The first-order valence-electron chi connectivity index (χ1n) is 13.2. The Hall–Kier alpha value is -2.86.